The van der Waals surface area contributed by atoms with Gasteiger partial charge in [-0.3, -0.25) is 0 Å². The first-order valence-corrected chi connectivity index (χ1v) is 3.09. The van der Waals surface area contributed by atoms with Crippen LogP contribution in [0.5, 0.6) is 0 Å². The van der Waals surface area contributed by atoms with Crippen LogP contribution in [-0.2, 0) is 9.53 Å². The summed E-state index contributed by atoms with van der Waals surface area (Å²) < 4.78 is 4.79. The van der Waals surface area contributed by atoms with Crippen LogP contribution in [0.1, 0.15) is 6.42 Å². The molecule has 10 heavy (non-hydrogen) atoms. The van der Waals surface area contributed by atoms with Crippen molar-refractivity contribution in [2.75, 3.05) is 20.3 Å². The molecule has 3 nitrogen and oxygen atoms in total. The Morgan fingerprint density at radius 1 is 1.60 bits per heavy atom. The molecule has 0 aromatic heterocycles. The zero-order valence-electron chi connectivity index (χ0n) is 6.04. The molecule has 0 radical (unpaired) electrons. The highest BCUT2D eigenvalue weighted by atomic mass is 16.5. The van der Waals surface area contributed by atoms with Gasteiger partial charge in [0, 0.05) is 13.7 Å². The molecule has 0 amide bonds. The van der Waals surface area contributed by atoms with Crippen LogP contribution in [0.15, 0.2) is 17.1 Å². The third-order valence-electron chi connectivity index (χ3n) is 0.917. The van der Waals surface area contributed by atoms with Crippen LogP contribution in [0.2, 0.25) is 0 Å². The minimum Gasteiger partial charge on any atom is -0.384 e. The Kier molecular flexibility index (Phi) is 7.34. The van der Waals surface area contributed by atoms with Gasteiger partial charge in [-0.2, -0.15) is 0 Å². The quantitative estimate of drug-likeness (QED) is 0.247. The number of rotatable bonds is 5. The minimum atomic E-state index is 0.424. The largest absolute Gasteiger partial charge is 0.384 e. The molecular weight excluding hydrogens is 130 g/mol. The third-order valence-corrected chi connectivity index (χ3v) is 0.917. The van der Waals surface area contributed by atoms with E-state index < -0.39 is 0 Å². The maximum Gasteiger partial charge on any atom is 0.235 e. The lowest BCUT2D eigenvalue weighted by atomic mass is 10.4. The van der Waals surface area contributed by atoms with Crippen molar-refractivity contribution in [1.29, 1.82) is 0 Å². The van der Waals surface area contributed by atoms with Crippen LogP contribution in [0, 0.1) is 0 Å². The lowest BCUT2D eigenvalue weighted by molar-refractivity contribution is 0.204. The molecule has 0 N–H and O–H groups in total. The summed E-state index contributed by atoms with van der Waals surface area (Å²) in [5.41, 5.74) is 0. The zero-order chi connectivity index (χ0) is 7.66. The molecule has 0 saturated heterocycles. The fourth-order valence-electron chi connectivity index (χ4n) is 0.468. The Bertz CT molecular complexity index is 137. The summed E-state index contributed by atoms with van der Waals surface area (Å²) in [7, 11) is 1.65. The molecule has 0 bridgehead atoms. The Morgan fingerprint density at radius 3 is 3.00 bits per heavy atom. The number of ether oxygens (including phenoxy) is 1. The molecule has 0 fully saturated rings. The monoisotopic (exact) mass is 141 g/mol. The number of methoxy groups -OCH3 is 1. The van der Waals surface area contributed by atoms with Crippen LogP contribution >= 0.6 is 0 Å². The maximum atomic E-state index is 9.54. The standard InChI is InChI=1S/C7H11NO2/c1-10-6-4-2-3-5-8-7-9/h2-3H,4-6H2,1H3/b3-2-. The second-order valence-electron chi connectivity index (χ2n) is 1.68. The number of nitrogens with zero attached hydrogens (tertiary/aromatic N) is 1. The van der Waals surface area contributed by atoms with Crippen molar-refractivity contribution >= 4 is 6.08 Å². The number of isocyanates is 1. The van der Waals surface area contributed by atoms with Crippen molar-refractivity contribution in [2.45, 2.75) is 6.42 Å². The Morgan fingerprint density at radius 2 is 2.40 bits per heavy atom. The minimum absolute atomic E-state index is 0.424. The van der Waals surface area contributed by atoms with Gasteiger partial charge in [-0.1, -0.05) is 12.2 Å². The van der Waals surface area contributed by atoms with Gasteiger partial charge in [0.25, 0.3) is 0 Å². The van der Waals surface area contributed by atoms with Gasteiger partial charge in [0.05, 0.1) is 6.54 Å². The highest BCUT2D eigenvalue weighted by molar-refractivity contribution is 5.33. The smallest absolute Gasteiger partial charge is 0.235 e. The van der Waals surface area contributed by atoms with Crippen LogP contribution in [0.3, 0.4) is 0 Å². The van der Waals surface area contributed by atoms with Crippen LogP contribution in [0.25, 0.3) is 0 Å². The Labute approximate surface area is 60.4 Å². The number of carbonyl (C=O) groups excluding carboxylic acids is 1. The summed E-state index contributed by atoms with van der Waals surface area (Å²) in [6.45, 7) is 1.13. The van der Waals surface area contributed by atoms with E-state index in [0.29, 0.717) is 13.2 Å². The molecule has 3 heteroatoms. The van der Waals surface area contributed by atoms with Gasteiger partial charge >= 0.3 is 0 Å². The van der Waals surface area contributed by atoms with E-state index in [2.05, 4.69) is 4.99 Å². The van der Waals surface area contributed by atoms with E-state index in [4.69, 9.17) is 4.74 Å². The third kappa shape index (κ3) is 7.08. The van der Waals surface area contributed by atoms with Gasteiger partial charge in [0.2, 0.25) is 6.08 Å². The molecule has 0 aromatic rings. The highest BCUT2D eigenvalue weighted by Gasteiger charge is 1.75. The topological polar surface area (TPSA) is 38.7 Å². The summed E-state index contributed by atoms with van der Waals surface area (Å²) >= 11 is 0. The van der Waals surface area contributed by atoms with E-state index in [0.717, 1.165) is 6.42 Å². The van der Waals surface area contributed by atoms with Crippen molar-refractivity contribution in [2.24, 2.45) is 4.99 Å². The number of aliphatic imine (C=N–C) groups is 1. The summed E-state index contributed by atoms with van der Waals surface area (Å²) in [5.74, 6) is 0. The second kappa shape index (κ2) is 8.08. The summed E-state index contributed by atoms with van der Waals surface area (Å²) in [5, 5.41) is 0. The predicted molar refractivity (Wildman–Crippen MR) is 38.6 cm³/mol. The van der Waals surface area contributed by atoms with Gasteiger partial charge in [0.1, 0.15) is 0 Å². The molecule has 0 aliphatic carbocycles. The van der Waals surface area contributed by atoms with E-state index in [1.54, 1.807) is 7.11 Å². The van der Waals surface area contributed by atoms with Gasteiger partial charge in [-0.25, -0.2) is 9.79 Å². The molecule has 0 spiro atoms. The Hall–Kier alpha value is -0.920. The fraction of sp³-hybridized carbons (Fsp3) is 0.571. The lowest BCUT2D eigenvalue weighted by Gasteiger charge is -1.88. The van der Waals surface area contributed by atoms with E-state index >= 15 is 0 Å². The van der Waals surface area contributed by atoms with Crippen LogP contribution < -0.4 is 0 Å². The van der Waals surface area contributed by atoms with Gasteiger partial charge in [-0.05, 0) is 6.42 Å². The summed E-state index contributed by atoms with van der Waals surface area (Å²) in [6, 6.07) is 0. The SMILES string of the molecule is COCC/C=C\CN=C=O. The molecule has 56 valence electrons. The predicted octanol–water partition coefficient (Wildman–Crippen LogP) is 0.915. The maximum absolute atomic E-state index is 9.54. The average Bonchev–Trinajstić information content (AvgIpc) is 1.97. The summed E-state index contributed by atoms with van der Waals surface area (Å²) in [6.07, 6.45) is 6.05. The van der Waals surface area contributed by atoms with Gasteiger partial charge in [-0.15, -0.1) is 0 Å². The first-order chi connectivity index (χ1) is 4.91. The molecule has 0 aliphatic heterocycles. The second-order valence-corrected chi connectivity index (χ2v) is 1.68. The number of hydrogen-bond acceptors (Lipinski definition) is 3. The van der Waals surface area contributed by atoms with Gasteiger partial charge in [0.15, 0.2) is 0 Å². The summed E-state index contributed by atoms with van der Waals surface area (Å²) in [4.78, 5) is 12.9. The molecule has 0 unspecified atom stereocenters. The molecule has 0 aliphatic rings. The normalized spacial score (nSPS) is 9.70. The zero-order valence-corrected chi connectivity index (χ0v) is 6.04. The molecular formula is C7H11NO2. The van der Waals surface area contributed by atoms with E-state index in [-0.39, 0.29) is 0 Å². The van der Waals surface area contributed by atoms with Gasteiger partial charge < -0.3 is 4.74 Å². The lowest BCUT2D eigenvalue weighted by Crippen LogP contribution is -1.83. The van der Waals surface area contributed by atoms with Crippen LogP contribution in [-0.4, -0.2) is 26.3 Å². The number of hydrogen-bond donors (Lipinski definition) is 0. The highest BCUT2D eigenvalue weighted by Crippen LogP contribution is 1.82. The molecule has 0 rings (SSSR count). The fourth-order valence-corrected chi connectivity index (χ4v) is 0.468. The van der Waals surface area contributed by atoms with E-state index in [1.165, 1.54) is 6.08 Å². The molecule has 0 heterocycles. The molecule has 0 atom stereocenters. The molecule has 0 saturated carbocycles. The first-order valence-electron chi connectivity index (χ1n) is 3.09. The Balaban J connectivity index is 3.11. The van der Waals surface area contributed by atoms with E-state index in [9.17, 15) is 4.79 Å². The van der Waals surface area contributed by atoms with Crippen molar-refractivity contribution in [3.8, 4) is 0 Å². The average molecular weight is 141 g/mol. The molecule has 0 aromatic carbocycles. The van der Waals surface area contributed by atoms with Crippen LogP contribution in [0.4, 0.5) is 0 Å². The van der Waals surface area contributed by atoms with E-state index in [1.807, 2.05) is 12.2 Å². The first kappa shape index (κ1) is 9.08. The van der Waals surface area contributed by atoms with Crippen molar-refractivity contribution in [1.82, 2.24) is 0 Å². The van der Waals surface area contributed by atoms with Crippen molar-refractivity contribution in [3.63, 3.8) is 0 Å². The van der Waals surface area contributed by atoms with Crippen molar-refractivity contribution in [3.05, 3.63) is 12.2 Å². The van der Waals surface area contributed by atoms with Crippen molar-refractivity contribution < 1.29 is 9.53 Å².